The lowest BCUT2D eigenvalue weighted by Gasteiger charge is -2.39. The van der Waals surface area contributed by atoms with Crippen LogP contribution in [-0.4, -0.2) is 72.9 Å². The zero-order valence-corrected chi connectivity index (χ0v) is 25.7. The van der Waals surface area contributed by atoms with Crippen LogP contribution in [0.25, 0.3) is 0 Å². The number of likely N-dealkylation sites (tertiary alicyclic amines) is 1. The van der Waals surface area contributed by atoms with Crippen LogP contribution in [0.1, 0.15) is 73.3 Å². The first kappa shape index (κ1) is 31.3. The summed E-state index contributed by atoms with van der Waals surface area (Å²) >= 11 is 6.34. The van der Waals surface area contributed by atoms with E-state index in [1.807, 2.05) is 6.07 Å². The van der Waals surface area contributed by atoms with Gasteiger partial charge in [0.2, 0.25) is 0 Å². The maximum absolute atomic E-state index is 12.9. The average Bonchev–Trinajstić information content (AvgIpc) is 2.77. The van der Waals surface area contributed by atoms with E-state index >= 15 is 0 Å². The Bertz CT molecular complexity index is 933. The number of hydrogen-bond acceptors (Lipinski definition) is 8. The molecule has 1 amide bonds. The van der Waals surface area contributed by atoms with Crippen molar-refractivity contribution in [3.05, 3.63) is 16.8 Å². The molecule has 0 radical (unpaired) electrons. The summed E-state index contributed by atoms with van der Waals surface area (Å²) in [6.07, 6.45) is 2.12. The zero-order chi connectivity index (χ0) is 28.0. The van der Waals surface area contributed by atoms with E-state index in [9.17, 15) is 9.59 Å². The third-order valence-electron chi connectivity index (χ3n) is 6.80. The van der Waals surface area contributed by atoms with E-state index in [1.165, 1.54) is 4.90 Å². The molecule has 0 saturated carbocycles. The molecule has 1 aromatic rings. The number of aryl methyl sites for hydroxylation is 1. The topological polar surface area (TPSA) is 103 Å². The number of rotatable bonds is 9. The number of esters is 1. The van der Waals surface area contributed by atoms with Gasteiger partial charge in [-0.1, -0.05) is 32.4 Å². The smallest absolute Gasteiger partial charge is 0.411 e. The predicted molar refractivity (Wildman–Crippen MR) is 149 cm³/mol. The summed E-state index contributed by atoms with van der Waals surface area (Å²) in [4.78, 5) is 26.9. The van der Waals surface area contributed by atoms with Crippen molar-refractivity contribution in [3.63, 3.8) is 0 Å². The van der Waals surface area contributed by atoms with Crippen molar-refractivity contribution in [2.24, 2.45) is 0 Å². The van der Waals surface area contributed by atoms with Gasteiger partial charge in [0.1, 0.15) is 17.5 Å². The molecule has 0 unspecified atom stereocenters. The van der Waals surface area contributed by atoms with Crippen molar-refractivity contribution >= 4 is 37.8 Å². The van der Waals surface area contributed by atoms with Crippen LogP contribution in [0, 0.1) is 0 Å². The maximum atomic E-state index is 12.9. The number of nitrogens with one attached hydrogen (secondary N) is 1. The Labute approximate surface area is 228 Å². The fourth-order valence-corrected chi connectivity index (χ4v) is 5.05. The van der Waals surface area contributed by atoms with Crippen molar-refractivity contribution in [2.75, 3.05) is 25.1 Å². The van der Waals surface area contributed by atoms with Crippen LogP contribution in [-0.2, 0) is 25.1 Å². The molecule has 1 fully saturated rings. The number of amides is 1. The minimum atomic E-state index is -1.80. The third kappa shape index (κ3) is 9.40. The van der Waals surface area contributed by atoms with Gasteiger partial charge >= 0.3 is 12.1 Å². The van der Waals surface area contributed by atoms with Crippen molar-refractivity contribution in [1.29, 1.82) is 0 Å². The van der Waals surface area contributed by atoms with Gasteiger partial charge in [-0.25, -0.2) is 9.59 Å². The van der Waals surface area contributed by atoms with Crippen LogP contribution in [0.4, 0.5) is 10.6 Å². The Kier molecular flexibility index (Phi) is 10.8. The Morgan fingerprint density at radius 2 is 1.84 bits per heavy atom. The van der Waals surface area contributed by atoms with Gasteiger partial charge in [-0.05, 0) is 83.1 Å². The molecule has 0 aromatic carbocycles. The highest BCUT2D eigenvalue weighted by molar-refractivity contribution is 6.74. The summed E-state index contributed by atoms with van der Waals surface area (Å²) in [5, 5.41) is 12.2. The Hall–Kier alpha value is -1.91. The van der Waals surface area contributed by atoms with Crippen molar-refractivity contribution in [1.82, 2.24) is 15.1 Å². The zero-order valence-electron chi connectivity index (χ0n) is 23.9. The monoisotopic (exact) mass is 556 g/mol. The Morgan fingerprint density at radius 1 is 1.16 bits per heavy atom. The van der Waals surface area contributed by atoms with Crippen molar-refractivity contribution < 1.29 is 23.5 Å². The van der Waals surface area contributed by atoms with E-state index in [0.29, 0.717) is 30.4 Å². The summed E-state index contributed by atoms with van der Waals surface area (Å²) in [5.74, 6) is 0.161. The van der Waals surface area contributed by atoms with E-state index in [1.54, 1.807) is 27.7 Å². The van der Waals surface area contributed by atoms with Gasteiger partial charge in [-0.3, -0.25) is 4.90 Å². The summed E-state index contributed by atoms with van der Waals surface area (Å²) in [5.41, 5.74) is 0.212. The SMILES string of the molecule is CCOC(=O)[C@@H]1CC[C@@H](Nc2cc(CCCO[Si](C)(C)C(C)(C)C)c(Cl)nn2)CN1C(=O)OC(C)(C)C. The van der Waals surface area contributed by atoms with E-state index in [4.69, 9.17) is 25.5 Å². The maximum Gasteiger partial charge on any atom is 0.411 e. The van der Waals surface area contributed by atoms with Gasteiger partial charge < -0.3 is 19.2 Å². The molecule has 2 rings (SSSR count). The van der Waals surface area contributed by atoms with E-state index in [2.05, 4.69) is 49.4 Å². The molecule has 1 aliphatic rings. The standard InChI is InChI=1S/C26H45ClN4O5Si/c1-10-34-23(32)20-14-13-19(17-31(20)24(33)36-25(2,3)4)28-21-16-18(22(27)30-29-21)12-11-15-35-37(8,9)26(5,6)7/h16,19-20H,10-15,17H2,1-9H3,(H,28,29)/t19-,20+/m1/s1. The predicted octanol–water partition coefficient (Wildman–Crippen LogP) is 5.83. The summed E-state index contributed by atoms with van der Waals surface area (Å²) in [7, 11) is -1.80. The van der Waals surface area contributed by atoms with E-state index in [0.717, 1.165) is 18.4 Å². The molecular formula is C26H45ClN4O5Si. The van der Waals surface area contributed by atoms with Crippen LogP contribution >= 0.6 is 11.6 Å². The van der Waals surface area contributed by atoms with Gasteiger partial charge in [0.05, 0.1) is 6.61 Å². The first-order valence-corrected chi connectivity index (χ1v) is 16.4. The van der Waals surface area contributed by atoms with E-state index in [-0.39, 0.29) is 24.2 Å². The second-order valence-electron chi connectivity index (χ2n) is 12.1. The van der Waals surface area contributed by atoms with Crippen LogP contribution in [0.15, 0.2) is 6.07 Å². The summed E-state index contributed by atoms with van der Waals surface area (Å²) in [6.45, 7) is 19.5. The normalized spacial score (nSPS) is 18.9. The molecule has 0 spiro atoms. The quantitative estimate of drug-likeness (QED) is 0.230. The molecule has 9 nitrogen and oxygen atoms in total. The molecule has 210 valence electrons. The Morgan fingerprint density at radius 3 is 2.43 bits per heavy atom. The number of hydrogen-bond donors (Lipinski definition) is 1. The van der Waals surface area contributed by atoms with Gasteiger partial charge in [-0.2, -0.15) is 0 Å². The number of nitrogens with zero attached hydrogens (tertiary/aromatic N) is 3. The van der Waals surface area contributed by atoms with Crippen LogP contribution in [0.5, 0.6) is 0 Å². The fourth-order valence-electron chi connectivity index (χ4n) is 3.77. The molecule has 1 aliphatic heterocycles. The highest BCUT2D eigenvalue weighted by Crippen LogP contribution is 2.36. The van der Waals surface area contributed by atoms with Gasteiger partial charge in [0, 0.05) is 19.2 Å². The molecular weight excluding hydrogens is 512 g/mol. The minimum absolute atomic E-state index is 0.136. The largest absolute Gasteiger partial charge is 0.464 e. The molecule has 1 N–H and O–H groups in total. The molecule has 1 aromatic heterocycles. The Balaban J connectivity index is 2.05. The van der Waals surface area contributed by atoms with Crippen LogP contribution < -0.4 is 5.32 Å². The highest BCUT2D eigenvalue weighted by atomic mass is 35.5. The number of carbonyl (C=O) groups is 2. The lowest BCUT2D eigenvalue weighted by Crippen LogP contribution is -2.55. The van der Waals surface area contributed by atoms with Crippen molar-refractivity contribution in [2.45, 2.75) is 110 Å². The summed E-state index contributed by atoms with van der Waals surface area (Å²) in [6, 6.07) is 1.08. The summed E-state index contributed by atoms with van der Waals surface area (Å²) < 4.78 is 17.1. The van der Waals surface area contributed by atoms with Crippen molar-refractivity contribution in [3.8, 4) is 0 Å². The van der Waals surface area contributed by atoms with E-state index < -0.39 is 32.0 Å². The first-order chi connectivity index (χ1) is 17.0. The van der Waals surface area contributed by atoms with Gasteiger partial charge in [0.25, 0.3) is 0 Å². The van der Waals surface area contributed by atoms with Crippen LogP contribution in [0.2, 0.25) is 23.3 Å². The molecule has 11 heteroatoms. The number of carbonyl (C=O) groups excluding carboxylic acids is 2. The lowest BCUT2D eigenvalue weighted by molar-refractivity contribution is -0.150. The number of ether oxygens (including phenoxy) is 2. The molecule has 2 heterocycles. The number of halogens is 1. The first-order valence-electron chi connectivity index (χ1n) is 13.1. The van der Waals surface area contributed by atoms with Crippen LogP contribution in [0.3, 0.4) is 0 Å². The van der Waals surface area contributed by atoms with Gasteiger partial charge in [-0.15, -0.1) is 10.2 Å². The minimum Gasteiger partial charge on any atom is -0.464 e. The number of aromatic nitrogens is 2. The second kappa shape index (κ2) is 12.8. The number of piperidine rings is 1. The lowest BCUT2D eigenvalue weighted by atomic mass is 9.98. The third-order valence-corrected chi connectivity index (χ3v) is 11.7. The molecule has 0 aliphatic carbocycles. The fraction of sp³-hybridized carbons (Fsp3) is 0.769. The van der Waals surface area contributed by atoms with Gasteiger partial charge in [0.15, 0.2) is 13.5 Å². The number of anilines is 1. The molecule has 37 heavy (non-hydrogen) atoms. The highest BCUT2D eigenvalue weighted by Gasteiger charge is 2.39. The average molecular weight is 557 g/mol. The molecule has 1 saturated heterocycles. The second-order valence-corrected chi connectivity index (χ2v) is 17.2. The molecule has 2 atom stereocenters. The molecule has 0 bridgehead atoms.